The molecule has 0 bridgehead atoms. The molecule has 0 aliphatic rings. The second kappa shape index (κ2) is 9.72. The number of amides is 1. The Bertz CT molecular complexity index is 1040. The smallest absolute Gasteiger partial charge is 0.238 e. The van der Waals surface area contributed by atoms with E-state index < -0.39 is 21.5 Å². The fourth-order valence-corrected chi connectivity index (χ4v) is 4.33. The van der Waals surface area contributed by atoms with Gasteiger partial charge in [-0.3, -0.25) is 4.79 Å². The summed E-state index contributed by atoms with van der Waals surface area (Å²) in [7, 11) is -3.75. The minimum Gasteiger partial charge on any atom is -0.337 e. The molecule has 3 aromatic rings. The second-order valence-electron chi connectivity index (χ2n) is 6.75. The highest BCUT2D eigenvalue weighted by atomic mass is 35.5. The molecular formula is C23H22ClNO3S. The molecule has 3 rings (SSSR count). The van der Waals surface area contributed by atoms with Crippen LogP contribution in [0.15, 0.2) is 89.8 Å². The first kappa shape index (κ1) is 21.1. The van der Waals surface area contributed by atoms with Crippen LogP contribution in [0.2, 0.25) is 5.02 Å². The fraction of sp³-hybridized carbons (Fsp3) is 0.174. The van der Waals surface area contributed by atoms with Crippen LogP contribution >= 0.6 is 11.6 Å². The van der Waals surface area contributed by atoms with E-state index in [1.165, 1.54) is 24.3 Å². The Morgan fingerprint density at radius 2 is 1.34 bits per heavy atom. The van der Waals surface area contributed by atoms with Crippen LogP contribution in [0, 0.1) is 0 Å². The predicted molar refractivity (Wildman–Crippen MR) is 116 cm³/mol. The van der Waals surface area contributed by atoms with Gasteiger partial charge in [0.1, 0.15) is 5.75 Å². The van der Waals surface area contributed by atoms with E-state index in [1.807, 2.05) is 60.7 Å². The molecule has 0 radical (unpaired) electrons. The lowest BCUT2D eigenvalue weighted by atomic mass is 10.1. The lowest BCUT2D eigenvalue weighted by molar-refractivity contribution is -0.129. The Morgan fingerprint density at radius 3 is 1.93 bits per heavy atom. The van der Waals surface area contributed by atoms with Crippen LogP contribution in [0.4, 0.5) is 0 Å². The molecule has 1 amide bonds. The maximum atomic E-state index is 12.9. The summed E-state index contributed by atoms with van der Waals surface area (Å²) < 4.78 is 25.4. The number of nitrogens with zero attached hydrogens (tertiary/aromatic N) is 1. The molecule has 0 unspecified atom stereocenters. The second-order valence-corrected chi connectivity index (χ2v) is 9.18. The first-order valence-corrected chi connectivity index (χ1v) is 11.3. The Kier molecular flexibility index (Phi) is 7.07. The number of carbonyl (C=O) groups is 1. The Morgan fingerprint density at radius 1 is 0.793 bits per heavy atom. The molecule has 0 N–H and O–H groups in total. The molecule has 6 heteroatoms. The zero-order chi connectivity index (χ0) is 20.7. The molecular weight excluding hydrogens is 406 g/mol. The van der Waals surface area contributed by atoms with E-state index in [0.29, 0.717) is 24.5 Å². The zero-order valence-corrected chi connectivity index (χ0v) is 17.4. The Hall–Kier alpha value is -2.63. The zero-order valence-electron chi connectivity index (χ0n) is 15.9. The number of carbonyl (C=O) groups excluding carboxylic acids is 1. The van der Waals surface area contributed by atoms with Gasteiger partial charge in [0.2, 0.25) is 5.91 Å². The van der Waals surface area contributed by atoms with Gasteiger partial charge < -0.3 is 4.90 Å². The van der Waals surface area contributed by atoms with Crippen molar-refractivity contribution < 1.29 is 13.2 Å². The predicted octanol–water partition coefficient (Wildman–Crippen LogP) is 4.39. The number of rotatable bonds is 8. The molecule has 0 fully saturated rings. The summed E-state index contributed by atoms with van der Waals surface area (Å²) in [4.78, 5) is 14.6. The first-order chi connectivity index (χ1) is 13.9. The third kappa shape index (κ3) is 6.17. The quantitative estimate of drug-likeness (QED) is 0.535. The van der Waals surface area contributed by atoms with Gasteiger partial charge in [-0.05, 0) is 41.8 Å². The highest BCUT2D eigenvalue weighted by Crippen LogP contribution is 2.17. The molecule has 150 valence electrons. The maximum absolute atomic E-state index is 12.9. The number of sulfone groups is 1. The lowest BCUT2D eigenvalue weighted by Gasteiger charge is -2.23. The summed E-state index contributed by atoms with van der Waals surface area (Å²) in [5, 5.41) is 0.448. The molecule has 0 spiro atoms. The summed E-state index contributed by atoms with van der Waals surface area (Å²) >= 11 is 5.84. The molecule has 3 aromatic carbocycles. The summed E-state index contributed by atoms with van der Waals surface area (Å²) in [5.74, 6) is -0.990. The van der Waals surface area contributed by atoms with Crippen LogP contribution in [0.5, 0.6) is 0 Å². The molecule has 0 aliphatic carbocycles. The number of hydrogen-bond acceptors (Lipinski definition) is 3. The topological polar surface area (TPSA) is 54.5 Å². The van der Waals surface area contributed by atoms with E-state index in [9.17, 15) is 13.2 Å². The van der Waals surface area contributed by atoms with Crippen molar-refractivity contribution in [1.82, 2.24) is 4.90 Å². The van der Waals surface area contributed by atoms with Crippen LogP contribution in [-0.4, -0.2) is 31.5 Å². The molecule has 0 saturated heterocycles. The van der Waals surface area contributed by atoms with Gasteiger partial charge in [0.05, 0.1) is 4.90 Å². The van der Waals surface area contributed by atoms with E-state index in [2.05, 4.69) is 0 Å². The largest absolute Gasteiger partial charge is 0.337 e. The van der Waals surface area contributed by atoms with Gasteiger partial charge in [-0.2, -0.15) is 0 Å². The van der Waals surface area contributed by atoms with Crippen molar-refractivity contribution in [3.63, 3.8) is 0 Å². The van der Waals surface area contributed by atoms with Crippen molar-refractivity contribution in [3.8, 4) is 0 Å². The highest BCUT2D eigenvalue weighted by Gasteiger charge is 2.23. The van der Waals surface area contributed by atoms with Crippen LogP contribution < -0.4 is 0 Å². The molecule has 0 heterocycles. The summed E-state index contributed by atoms with van der Waals surface area (Å²) in [6.07, 6.45) is 0.653. The molecule has 4 nitrogen and oxygen atoms in total. The number of halogens is 1. The van der Waals surface area contributed by atoms with Crippen molar-refractivity contribution in [2.75, 3.05) is 12.3 Å². The fourth-order valence-electron chi connectivity index (χ4n) is 2.98. The molecule has 29 heavy (non-hydrogen) atoms. The average Bonchev–Trinajstić information content (AvgIpc) is 2.72. The van der Waals surface area contributed by atoms with Crippen LogP contribution in [-0.2, 0) is 27.6 Å². The van der Waals surface area contributed by atoms with Crippen LogP contribution in [0.25, 0.3) is 0 Å². The molecule has 0 saturated carbocycles. The Labute approximate surface area is 176 Å². The van der Waals surface area contributed by atoms with Gasteiger partial charge in [-0.25, -0.2) is 8.42 Å². The molecule has 0 atom stereocenters. The van der Waals surface area contributed by atoms with E-state index in [4.69, 9.17) is 11.6 Å². The third-order valence-corrected chi connectivity index (χ3v) is 6.44. The van der Waals surface area contributed by atoms with E-state index in [1.54, 1.807) is 4.90 Å². The monoisotopic (exact) mass is 427 g/mol. The molecule has 0 aliphatic heterocycles. The lowest BCUT2D eigenvalue weighted by Crippen LogP contribution is -2.36. The van der Waals surface area contributed by atoms with Gasteiger partial charge >= 0.3 is 0 Å². The normalized spacial score (nSPS) is 11.2. The minimum absolute atomic E-state index is 0.0953. The number of hydrogen-bond donors (Lipinski definition) is 0. The summed E-state index contributed by atoms with van der Waals surface area (Å²) in [6.45, 7) is 0.802. The van der Waals surface area contributed by atoms with E-state index >= 15 is 0 Å². The van der Waals surface area contributed by atoms with Gasteiger partial charge in [-0.1, -0.05) is 72.3 Å². The SMILES string of the molecule is O=C(CS(=O)(=O)c1ccc(Cl)cc1)N(CCc1ccccc1)Cc1ccccc1. The van der Waals surface area contributed by atoms with Crippen molar-refractivity contribution >= 4 is 27.3 Å². The van der Waals surface area contributed by atoms with Gasteiger partial charge in [-0.15, -0.1) is 0 Å². The minimum atomic E-state index is -3.75. The van der Waals surface area contributed by atoms with Crippen molar-refractivity contribution in [2.45, 2.75) is 17.9 Å². The van der Waals surface area contributed by atoms with Crippen LogP contribution in [0.3, 0.4) is 0 Å². The van der Waals surface area contributed by atoms with Gasteiger partial charge in [0, 0.05) is 18.1 Å². The average molecular weight is 428 g/mol. The summed E-state index contributed by atoms with van der Waals surface area (Å²) in [6, 6.07) is 25.3. The third-order valence-electron chi connectivity index (χ3n) is 4.57. The van der Waals surface area contributed by atoms with E-state index in [0.717, 1.165) is 11.1 Å². The van der Waals surface area contributed by atoms with Crippen LogP contribution in [0.1, 0.15) is 11.1 Å². The molecule has 0 aromatic heterocycles. The summed E-state index contributed by atoms with van der Waals surface area (Å²) in [5.41, 5.74) is 2.05. The number of benzene rings is 3. The maximum Gasteiger partial charge on any atom is 0.238 e. The first-order valence-electron chi connectivity index (χ1n) is 9.28. The van der Waals surface area contributed by atoms with Crippen molar-refractivity contribution in [3.05, 3.63) is 101 Å². The van der Waals surface area contributed by atoms with Gasteiger partial charge in [0.15, 0.2) is 9.84 Å². The highest BCUT2D eigenvalue weighted by molar-refractivity contribution is 7.92. The van der Waals surface area contributed by atoms with Gasteiger partial charge in [0.25, 0.3) is 0 Å². The Balaban J connectivity index is 1.76. The van der Waals surface area contributed by atoms with Crippen molar-refractivity contribution in [2.24, 2.45) is 0 Å². The van der Waals surface area contributed by atoms with Crippen molar-refractivity contribution in [1.29, 1.82) is 0 Å². The standard InChI is InChI=1S/C23H22ClNO3S/c24-21-11-13-22(14-12-21)29(27,28)18-23(26)25(17-20-9-5-2-6-10-20)16-15-19-7-3-1-4-8-19/h1-14H,15-18H2. The van der Waals surface area contributed by atoms with E-state index in [-0.39, 0.29) is 4.90 Å².